The van der Waals surface area contributed by atoms with E-state index in [0.29, 0.717) is 5.56 Å². The molecular weight excluding hydrogens is 411 g/mol. The minimum atomic E-state index is -4.29. The van der Waals surface area contributed by atoms with Gasteiger partial charge in [-0.05, 0) is 74.0 Å². The maximum absolute atomic E-state index is 13.4. The van der Waals surface area contributed by atoms with Crippen LogP contribution in [0.25, 0.3) is 0 Å². The molecule has 2 aromatic rings. The first kappa shape index (κ1) is 20.0. The van der Waals surface area contributed by atoms with Crippen LogP contribution in [0.1, 0.15) is 41.9 Å². The number of piperidine rings is 1. The molecule has 0 spiro atoms. The van der Waals surface area contributed by atoms with Gasteiger partial charge in [-0.25, -0.2) is 0 Å². The Bertz CT molecular complexity index is 938. The number of alkyl halides is 3. The van der Waals surface area contributed by atoms with Gasteiger partial charge in [0.05, 0.1) is 16.9 Å². The number of halogens is 4. The first-order chi connectivity index (χ1) is 14.4. The lowest BCUT2D eigenvalue weighted by atomic mass is 9.86. The Balaban J connectivity index is 1.25. The third-order valence-corrected chi connectivity index (χ3v) is 6.93. The van der Waals surface area contributed by atoms with E-state index in [1.54, 1.807) is 12.1 Å². The van der Waals surface area contributed by atoms with Crippen LogP contribution < -0.4 is 10.2 Å². The fourth-order valence-electron chi connectivity index (χ4n) is 5.34. The Kier molecular flexibility index (Phi) is 5.10. The number of anilines is 2. The lowest BCUT2D eigenvalue weighted by molar-refractivity contribution is -0.138. The summed E-state index contributed by atoms with van der Waals surface area (Å²) in [6, 6.07) is 10.1. The van der Waals surface area contributed by atoms with Crippen LogP contribution in [0.5, 0.6) is 0 Å². The van der Waals surface area contributed by atoms with Crippen molar-refractivity contribution < 1.29 is 13.2 Å². The molecule has 3 nitrogen and oxygen atoms in total. The molecular formula is C23H25ClF3N3. The van der Waals surface area contributed by atoms with Gasteiger partial charge < -0.3 is 10.2 Å². The Morgan fingerprint density at radius 1 is 1.07 bits per heavy atom. The summed E-state index contributed by atoms with van der Waals surface area (Å²) in [6.07, 6.45) is -0.427. The van der Waals surface area contributed by atoms with E-state index in [0.717, 1.165) is 62.6 Å². The third kappa shape index (κ3) is 3.65. The Morgan fingerprint density at radius 3 is 2.60 bits per heavy atom. The zero-order valence-corrected chi connectivity index (χ0v) is 17.4. The van der Waals surface area contributed by atoms with Crippen molar-refractivity contribution in [2.45, 2.75) is 43.9 Å². The molecule has 0 bridgehead atoms. The number of aryl methyl sites for hydroxylation is 1. The molecule has 0 aromatic heterocycles. The highest BCUT2D eigenvalue weighted by Gasteiger charge is 2.37. The molecule has 30 heavy (non-hydrogen) atoms. The topological polar surface area (TPSA) is 18.5 Å². The van der Waals surface area contributed by atoms with Gasteiger partial charge in [-0.2, -0.15) is 13.2 Å². The summed E-state index contributed by atoms with van der Waals surface area (Å²) in [5.74, 6) is -0.0341. The predicted octanol–water partition coefficient (Wildman–Crippen LogP) is 5.74. The molecule has 1 atom stereocenters. The summed E-state index contributed by atoms with van der Waals surface area (Å²) in [6.45, 7) is 3.51. The van der Waals surface area contributed by atoms with Gasteiger partial charge >= 0.3 is 6.18 Å². The van der Waals surface area contributed by atoms with Crippen molar-refractivity contribution in [3.05, 3.63) is 58.1 Å². The molecule has 160 valence electrons. The van der Waals surface area contributed by atoms with Crippen LogP contribution in [0.4, 0.5) is 24.5 Å². The average Bonchev–Trinajstić information content (AvgIpc) is 3.06. The highest BCUT2D eigenvalue weighted by atomic mass is 35.5. The fourth-order valence-corrected chi connectivity index (χ4v) is 5.58. The van der Waals surface area contributed by atoms with Gasteiger partial charge in [-0.3, -0.25) is 4.90 Å². The van der Waals surface area contributed by atoms with Crippen molar-refractivity contribution in [1.29, 1.82) is 0 Å². The smallest absolute Gasteiger partial charge is 0.362 e. The Labute approximate surface area is 179 Å². The molecule has 7 heteroatoms. The van der Waals surface area contributed by atoms with Gasteiger partial charge in [0.2, 0.25) is 0 Å². The molecule has 3 aliphatic heterocycles. The minimum absolute atomic E-state index is 0.0341. The van der Waals surface area contributed by atoms with Crippen LogP contribution in [0.3, 0.4) is 0 Å². The maximum Gasteiger partial charge on any atom is 0.416 e. The first-order valence-corrected chi connectivity index (χ1v) is 11.0. The highest BCUT2D eigenvalue weighted by Crippen LogP contribution is 2.43. The zero-order valence-electron chi connectivity index (χ0n) is 16.7. The van der Waals surface area contributed by atoms with E-state index in [4.69, 9.17) is 11.6 Å². The molecule has 0 saturated carbocycles. The SMILES string of the molecule is FC(F)(F)c1ccccc1C1CCN(CC2Nc3cc(Cl)cc4c3N2CCC4)CC1. The third-order valence-electron chi connectivity index (χ3n) is 6.71. The molecule has 1 N–H and O–H groups in total. The van der Waals surface area contributed by atoms with Crippen LogP contribution in [-0.4, -0.2) is 37.2 Å². The molecule has 2 aromatic carbocycles. The van der Waals surface area contributed by atoms with E-state index >= 15 is 0 Å². The standard InChI is InChI=1S/C23H25ClF3N3/c24-17-12-16-4-3-9-30-21(28-20(13-17)22(16)30)14-29-10-7-15(8-11-29)18-5-1-2-6-19(18)23(25,26)27/h1-2,5-6,12-13,15,21,28H,3-4,7-11,14H2. The van der Waals surface area contributed by atoms with Crippen LogP contribution in [0.2, 0.25) is 5.02 Å². The summed E-state index contributed by atoms with van der Waals surface area (Å²) in [5.41, 5.74) is 3.67. The zero-order chi connectivity index (χ0) is 20.9. The lowest BCUT2D eigenvalue weighted by Crippen LogP contribution is -2.48. The van der Waals surface area contributed by atoms with Crippen molar-refractivity contribution in [1.82, 2.24) is 4.90 Å². The van der Waals surface area contributed by atoms with Crippen molar-refractivity contribution in [3.63, 3.8) is 0 Å². The monoisotopic (exact) mass is 435 g/mol. The molecule has 0 amide bonds. The molecule has 3 heterocycles. The van der Waals surface area contributed by atoms with Crippen LogP contribution in [0, 0.1) is 0 Å². The number of likely N-dealkylation sites (tertiary alicyclic amines) is 1. The van der Waals surface area contributed by atoms with Gasteiger partial charge in [-0.1, -0.05) is 29.8 Å². The van der Waals surface area contributed by atoms with E-state index in [1.165, 1.54) is 23.4 Å². The molecule has 1 unspecified atom stereocenters. The Morgan fingerprint density at radius 2 is 1.83 bits per heavy atom. The van der Waals surface area contributed by atoms with Gasteiger partial charge in [0, 0.05) is 18.1 Å². The summed E-state index contributed by atoms with van der Waals surface area (Å²) in [7, 11) is 0. The predicted molar refractivity (Wildman–Crippen MR) is 114 cm³/mol. The summed E-state index contributed by atoms with van der Waals surface area (Å²) in [5, 5.41) is 4.39. The maximum atomic E-state index is 13.4. The number of hydrogen-bond donors (Lipinski definition) is 1. The minimum Gasteiger partial charge on any atom is -0.362 e. The average molecular weight is 436 g/mol. The second-order valence-electron chi connectivity index (χ2n) is 8.58. The fraction of sp³-hybridized carbons (Fsp3) is 0.478. The van der Waals surface area contributed by atoms with Gasteiger partial charge in [0.1, 0.15) is 6.17 Å². The van der Waals surface area contributed by atoms with E-state index < -0.39 is 11.7 Å². The molecule has 0 radical (unpaired) electrons. The number of rotatable bonds is 3. The number of nitrogens with one attached hydrogen (secondary N) is 1. The number of hydrogen-bond acceptors (Lipinski definition) is 3. The largest absolute Gasteiger partial charge is 0.416 e. The van der Waals surface area contributed by atoms with E-state index in [-0.39, 0.29) is 12.1 Å². The summed E-state index contributed by atoms with van der Waals surface area (Å²) < 4.78 is 40.2. The second kappa shape index (κ2) is 7.65. The van der Waals surface area contributed by atoms with Crippen molar-refractivity contribution in [3.8, 4) is 0 Å². The van der Waals surface area contributed by atoms with Crippen LogP contribution >= 0.6 is 11.6 Å². The quantitative estimate of drug-likeness (QED) is 0.663. The Hall–Kier alpha value is -1.92. The van der Waals surface area contributed by atoms with E-state index in [1.807, 2.05) is 6.07 Å². The van der Waals surface area contributed by atoms with Crippen LogP contribution in [0.15, 0.2) is 36.4 Å². The van der Waals surface area contributed by atoms with Crippen molar-refractivity contribution in [2.75, 3.05) is 36.4 Å². The number of benzene rings is 2. The second-order valence-corrected chi connectivity index (χ2v) is 9.01. The van der Waals surface area contributed by atoms with Gasteiger partial charge in [-0.15, -0.1) is 0 Å². The molecule has 1 fully saturated rings. The molecule has 0 aliphatic carbocycles. The lowest BCUT2D eigenvalue weighted by Gasteiger charge is -2.38. The van der Waals surface area contributed by atoms with Crippen molar-refractivity contribution >= 4 is 23.0 Å². The van der Waals surface area contributed by atoms with Gasteiger partial charge in [0.25, 0.3) is 0 Å². The number of nitrogens with zero attached hydrogens (tertiary/aromatic N) is 2. The van der Waals surface area contributed by atoms with Gasteiger partial charge in [0.15, 0.2) is 0 Å². The van der Waals surface area contributed by atoms with E-state index in [9.17, 15) is 13.2 Å². The first-order valence-electron chi connectivity index (χ1n) is 10.6. The van der Waals surface area contributed by atoms with Crippen molar-refractivity contribution in [2.24, 2.45) is 0 Å². The molecule has 5 rings (SSSR count). The summed E-state index contributed by atoms with van der Waals surface area (Å²) in [4.78, 5) is 4.82. The molecule has 1 saturated heterocycles. The highest BCUT2D eigenvalue weighted by molar-refractivity contribution is 6.31. The molecule has 3 aliphatic rings. The van der Waals surface area contributed by atoms with E-state index in [2.05, 4.69) is 21.2 Å². The normalized spacial score (nSPS) is 22.1. The van der Waals surface area contributed by atoms with Crippen LogP contribution in [-0.2, 0) is 12.6 Å². The summed E-state index contributed by atoms with van der Waals surface area (Å²) >= 11 is 6.29.